The van der Waals surface area contributed by atoms with Crippen LogP contribution >= 0.6 is 11.6 Å². The molecular formula is C15H23ClN2O3. The number of ether oxygens (including phenoxy) is 2. The molecule has 0 unspecified atom stereocenters. The van der Waals surface area contributed by atoms with Crippen LogP contribution in [0.4, 0.5) is 5.69 Å². The molecule has 1 aromatic rings. The van der Waals surface area contributed by atoms with Gasteiger partial charge < -0.3 is 20.1 Å². The van der Waals surface area contributed by atoms with E-state index in [1.165, 1.54) is 14.2 Å². The molecule has 6 heteroatoms. The number of nitrogens with one attached hydrogen (secondary N) is 2. The second-order valence-electron chi connectivity index (χ2n) is 5.33. The molecule has 0 spiro atoms. The fraction of sp³-hybridized carbons (Fsp3) is 0.533. The molecule has 2 N–H and O–H groups in total. The molecule has 1 aromatic carbocycles. The highest BCUT2D eigenvalue weighted by atomic mass is 35.5. The van der Waals surface area contributed by atoms with E-state index in [-0.39, 0.29) is 18.0 Å². The summed E-state index contributed by atoms with van der Waals surface area (Å²) in [7, 11) is 3.04. The van der Waals surface area contributed by atoms with Crippen molar-refractivity contribution >= 4 is 23.2 Å². The molecule has 0 fully saturated rings. The molecule has 1 amide bonds. The second-order valence-corrected chi connectivity index (χ2v) is 5.73. The fourth-order valence-electron chi connectivity index (χ4n) is 1.60. The van der Waals surface area contributed by atoms with Gasteiger partial charge in [0.25, 0.3) is 0 Å². The molecular weight excluding hydrogens is 292 g/mol. The number of rotatable bonds is 7. The van der Waals surface area contributed by atoms with Crippen LogP contribution in [-0.4, -0.2) is 32.2 Å². The number of amides is 1. The van der Waals surface area contributed by atoms with E-state index < -0.39 is 0 Å². The molecule has 0 aliphatic rings. The zero-order valence-electron chi connectivity index (χ0n) is 13.2. The van der Waals surface area contributed by atoms with E-state index in [9.17, 15) is 4.79 Å². The topological polar surface area (TPSA) is 59.6 Å². The van der Waals surface area contributed by atoms with Crippen molar-refractivity contribution in [3.05, 3.63) is 17.2 Å². The maximum absolute atomic E-state index is 12.0. The van der Waals surface area contributed by atoms with Gasteiger partial charge in [-0.15, -0.1) is 0 Å². The Morgan fingerprint density at radius 2 is 1.86 bits per heavy atom. The standard InChI is InChI=1S/C15H23ClN2O3/c1-6-15(2,3)17-9-14(19)18-11-8-12(20-4)10(16)7-13(11)21-5/h7-8,17H,6,9H2,1-5H3,(H,18,19). The van der Waals surface area contributed by atoms with Gasteiger partial charge in [-0.2, -0.15) is 0 Å². The first-order chi connectivity index (χ1) is 9.82. The third-order valence-electron chi connectivity index (χ3n) is 3.36. The van der Waals surface area contributed by atoms with Gasteiger partial charge in [0.15, 0.2) is 0 Å². The summed E-state index contributed by atoms with van der Waals surface area (Å²) >= 11 is 6.03. The summed E-state index contributed by atoms with van der Waals surface area (Å²) in [5, 5.41) is 6.42. The first-order valence-electron chi connectivity index (χ1n) is 6.79. The van der Waals surface area contributed by atoms with Crippen molar-refractivity contribution < 1.29 is 14.3 Å². The largest absolute Gasteiger partial charge is 0.495 e. The Hall–Kier alpha value is -1.46. The summed E-state index contributed by atoms with van der Waals surface area (Å²) in [4.78, 5) is 12.0. The van der Waals surface area contributed by atoms with Gasteiger partial charge in [0.2, 0.25) is 5.91 Å². The number of anilines is 1. The highest BCUT2D eigenvalue weighted by Crippen LogP contribution is 2.35. The lowest BCUT2D eigenvalue weighted by atomic mass is 10.0. The summed E-state index contributed by atoms with van der Waals surface area (Å²) in [5.41, 5.74) is 0.443. The minimum Gasteiger partial charge on any atom is -0.495 e. The Kier molecular flexibility index (Phi) is 6.30. The van der Waals surface area contributed by atoms with E-state index in [4.69, 9.17) is 21.1 Å². The van der Waals surface area contributed by atoms with Gasteiger partial charge in [-0.25, -0.2) is 0 Å². The zero-order chi connectivity index (χ0) is 16.0. The van der Waals surface area contributed by atoms with Crippen molar-refractivity contribution in [3.8, 4) is 11.5 Å². The first-order valence-corrected chi connectivity index (χ1v) is 7.17. The van der Waals surface area contributed by atoms with Crippen LogP contribution in [0, 0.1) is 0 Å². The quantitative estimate of drug-likeness (QED) is 0.812. The van der Waals surface area contributed by atoms with E-state index in [0.717, 1.165) is 6.42 Å². The number of carbonyl (C=O) groups is 1. The maximum Gasteiger partial charge on any atom is 0.238 e. The molecule has 0 heterocycles. The molecule has 0 radical (unpaired) electrons. The zero-order valence-corrected chi connectivity index (χ0v) is 13.9. The minimum absolute atomic E-state index is 0.0842. The SMILES string of the molecule is CCC(C)(C)NCC(=O)Nc1cc(OC)c(Cl)cc1OC. The average molecular weight is 315 g/mol. The Morgan fingerprint density at radius 3 is 2.38 bits per heavy atom. The van der Waals surface area contributed by atoms with Gasteiger partial charge in [0.05, 0.1) is 31.5 Å². The molecule has 0 atom stereocenters. The maximum atomic E-state index is 12.0. The van der Waals surface area contributed by atoms with E-state index >= 15 is 0 Å². The summed E-state index contributed by atoms with van der Waals surface area (Å²) in [6.45, 7) is 6.38. The van der Waals surface area contributed by atoms with Gasteiger partial charge in [0.1, 0.15) is 11.5 Å². The van der Waals surface area contributed by atoms with E-state index in [0.29, 0.717) is 22.2 Å². The van der Waals surface area contributed by atoms with Crippen LogP contribution in [0.25, 0.3) is 0 Å². The van der Waals surface area contributed by atoms with Crippen molar-refractivity contribution in [2.75, 3.05) is 26.1 Å². The van der Waals surface area contributed by atoms with Gasteiger partial charge in [-0.3, -0.25) is 4.79 Å². The second kappa shape index (κ2) is 7.52. The van der Waals surface area contributed by atoms with Crippen molar-refractivity contribution in [1.82, 2.24) is 5.32 Å². The van der Waals surface area contributed by atoms with Crippen LogP contribution in [0.1, 0.15) is 27.2 Å². The molecule has 0 bridgehead atoms. The molecule has 5 nitrogen and oxygen atoms in total. The number of halogens is 1. The number of benzene rings is 1. The van der Waals surface area contributed by atoms with Crippen LogP contribution in [-0.2, 0) is 4.79 Å². The van der Waals surface area contributed by atoms with Crippen molar-refractivity contribution in [1.29, 1.82) is 0 Å². The van der Waals surface area contributed by atoms with E-state index in [2.05, 4.69) is 17.6 Å². The van der Waals surface area contributed by atoms with E-state index in [1.54, 1.807) is 12.1 Å². The van der Waals surface area contributed by atoms with Crippen LogP contribution < -0.4 is 20.1 Å². The number of carbonyl (C=O) groups excluding carboxylic acids is 1. The van der Waals surface area contributed by atoms with Gasteiger partial charge in [0, 0.05) is 17.7 Å². The van der Waals surface area contributed by atoms with E-state index in [1.807, 2.05) is 13.8 Å². The van der Waals surface area contributed by atoms with Gasteiger partial charge in [-0.1, -0.05) is 18.5 Å². The fourth-order valence-corrected chi connectivity index (χ4v) is 1.83. The summed E-state index contributed by atoms with van der Waals surface area (Å²) in [6.07, 6.45) is 0.929. The summed E-state index contributed by atoms with van der Waals surface area (Å²) in [5.74, 6) is 0.817. The normalized spacial score (nSPS) is 11.1. The molecule has 0 aliphatic carbocycles. The average Bonchev–Trinajstić information content (AvgIpc) is 2.46. The number of methoxy groups -OCH3 is 2. The van der Waals surface area contributed by atoms with Crippen molar-refractivity contribution in [2.24, 2.45) is 0 Å². The smallest absolute Gasteiger partial charge is 0.238 e. The minimum atomic E-state index is -0.154. The molecule has 0 saturated carbocycles. The third-order valence-corrected chi connectivity index (χ3v) is 3.65. The molecule has 1 rings (SSSR count). The van der Waals surface area contributed by atoms with Crippen molar-refractivity contribution in [2.45, 2.75) is 32.7 Å². The Balaban J connectivity index is 2.80. The molecule has 0 saturated heterocycles. The van der Waals surface area contributed by atoms with Gasteiger partial charge in [-0.05, 0) is 20.3 Å². The summed E-state index contributed by atoms with van der Waals surface area (Å²) < 4.78 is 10.4. The van der Waals surface area contributed by atoms with Crippen LogP contribution in [0.3, 0.4) is 0 Å². The summed E-state index contributed by atoms with van der Waals surface area (Å²) in [6, 6.07) is 3.25. The predicted octanol–water partition coefficient (Wildman–Crippen LogP) is 3.07. The van der Waals surface area contributed by atoms with Crippen LogP contribution in [0.15, 0.2) is 12.1 Å². The molecule has 0 aromatic heterocycles. The lowest BCUT2D eigenvalue weighted by Crippen LogP contribution is -2.43. The molecule has 21 heavy (non-hydrogen) atoms. The lowest BCUT2D eigenvalue weighted by Gasteiger charge is -2.24. The number of hydrogen-bond acceptors (Lipinski definition) is 4. The first kappa shape index (κ1) is 17.6. The molecule has 0 aliphatic heterocycles. The highest BCUT2D eigenvalue weighted by molar-refractivity contribution is 6.32. The Bertz CT molecular complexity index is 504. The Labute approximate surface area is 131 Å². The van der Waals surface area contributed by atoms with Gasteiger partial charge >= 0.3 is 0 Å². The molecule has 118 valence electrons. The van der Waals surface area contributed by atoms with Crippen molar-refractivity contribution in [3.63, 3.8) is 0 Å². The highest BCUT2D eigenvalue weighted by Gasteiger charge is 2.17. The van der Waals surface area contributed by atoms with Crippen LogP contribution in [0.5, 0.6) is 11.5 Å². The predicted molar refractivity (Wildman–Crippen MR) is 85.6 cm³/mol. The number of hydrogen-bond donors (Lipinski definition) is 2. The third kappa shape index (κ3) is 5.10. The monoisotopic (exact) mass is 314 g/mol. The lowest BCUT2D eigenvalue weighted by molar-refractivity contribution is -0.115. The van der Waals surface area contributed by atoms with Crippen LogP contribution in [0.2, 0.25) is 5.02 Å². The Morgan fingerprint density at radius 1 is 1.24 bits per heavy atom.